The molecule has 0 bridgehead atoms. The molecule has 1 atom stereocenters. The van der Waals surface area contributed by atoms with Crippen molar-refractivity contribution in [2.45, 2.75) is 19.5 Å². The van der Waals surface area contributed by atoms with Crippen LogP contribution in [-0.2, 0) is 16.1 Å². The zero-order chi connectivity index (χ0) is 25.1. The summed E-state index contributed by atoms with van der Waals surface area (Å²) in [6.45, 7) is 0.611. The molecule has 0 fully saturated rings. The summed E-state index contributed by atoms with van der Waals surface area (Å²) in [6, 6.07) is 11.0. The molecular formula is C22H27N7O5. The van der Waals surface area contributed by atoms with Crippen LogP contribution < -0.4 is 32.7 Å². The van der Waals surface area contributed by atoms with Crippen molar-refractivity contribution in [1.82, 2.24) is 16.0 Å². The summed E-state index contributed by atoms with van der Waals surface area (Å²) < 4.78 is 0. The van der Waals surface area contributed by atoms with E-state index >= 15 is 0 Å². The van der Waals surface area contributed by atoms with Gasteiger partial charge in [-0.2, -0.15) is 0 Å². The summed E-state index contributed by atoms with van der Waals surface area (Å²) in [6.07, 6.45) is 0. The number of carbonyl (C=O) groups excluding carboxylic acids is 4. The van der Waals surface area contributed by atoms with E-state index in [0.717, 1.165) is 5.56 Å². The van der Waals surface area contributed by atoms with Crippen LogP contribution in [0.2, 0.25) is 0 Å². The van der Waals surface area contributed by atoms with E-state index in [1.165, 1.54) is 19.1 Å². The fourth-order valence-corrected chi connectivity index (χ4v) is 2.70. The van der Waals surface area contributed by atoms with Crippen LogP contribution >= 0.6 is 0 Å². The van der Waals surface area contributed by atoms with Gasteiger partial charge in [-0.25, -0.2) is 9.79 Å². The third-order valence-corrected chi connectivity index (χ3v) is 4.46. The lowest BCUT2D eigenvalue weighted by Crippen LogP contribution is -2.51. The number of anilines is 1. The largest absolute Gasteiger partial charge is 0.394 e. The van der Waals surface area contributed by atoms with Crippen LogP contribution in [-0.4, -0.2) is 53.9 Å². The van der Waals surface area contributed by atoms with Gasteiger partial charge in [0.15, 0.2) is 11.7 Å². The zero-order valence-corrected chi connectivity index (χ0v) is 18.5. The minimum absolute atomic E-state index is 0.0618. The zero-order valence-electron chi connectivity index (χ0n) is 18.5. The summed E-state index contributed by atoms with van der Waals surface area (Å²) in [5.74, 6) is -1.37. The molecule has 0 aliphatic rings. The summed E-state index contributed by atoms with van der Waals surface area (Å²) in [7, 11) is 0. The Labute approximate surface area is 195 Å². The first-order valence-corrected chi connectivity index (χ1v) is 10.2. The van der Waals surface area contributed by atoms with E-state index in [1.54, 1.807) is 36.4 Å². The van der Waals surface area contributed by atoms with E-state index in [1.807, 2.05) is 0 Å². The molecule has 34 heavy (non-hydrogen) atoms. The predicted octanol–water partition coefficient (Wildman–Crippen LogP) is -0.291. The molecule has 0 saturated heterocycles. The molecule has 2 rings (SSSR count). The fourth-order valence-electron chi connectivity index (χ4n) is 2.70. The second kappa shape index (κ2) is 12.6. The van der Waals surface area contributed by atoms with Gasteiger partial charge in [-0.1, -0.05) is 12.1 Å². The van der Waals surface area contributed by atoms with Gasteiger partial charge in [0.2, 0.25) is 11.8 Å². The van der Waals surface area contributed by atoms with Crippen LogP contribution in [0.1, 0.15) is 22.8 Å². The van der Waals surface area contributed by atoms with E-state index in [9.17, 15) is 24.3 Å². The number of nitrogens with zero attached hydrogens (tertiary/aromatic N) is 1. The Morgan fingerprint density at radius 3 is 2.18 bits per heavy atom. The standard InChI is InChI=1S/C22H27N7O5/c1-13(31)15-4-8-17(9-5-15)28-22(34)29-18(12-30)20(33)26-11-19(32)25-10-14-2-6-16(7-3-14)27-21(23)24/h2-9,18,30H,10-12H2,1H3,(H,25,32)(H,26,33)(H4,23,24,27)(H2,28,29,34). The quantitative estimate of drug-likeness (QED) is 0.141. The molecule has 0 saturated carbocycles. The number of amides is 4. The highest BCUT2D eigenvalue weighted by molar-refractivity contribution is 5.96. The molecule has 0 radical (unpaired) electrons. The second-order valence-corrected chi connectivity index (χ2v) is 7.16. The molecule has 180 valence electrons. The van der Waals surface area contributed by atoms with Crippen molar-refractivity contribution in [2.75, 3.05) is 18.5 Å². The van der Waals surface area contributed by atoms with E-state index < -0.39 is 30.5 Å². The topological polar surface area (TPSA) is 201 Å². The number of urea groups is 1. The maximum absolute atomic E-state index is 12.2. The molecule has 0 aromatic heterocycles. The van der Waals surface area contributed by atoms with Gasteiger partial charge >= 0.3 is 6.03 Å². The number of hydrogen-bond donors (Lipinski definition) is 7. The SMILES string of the molecule is CC(=O)c1ccc(NC(=O)NC(CO)C(=O)NCC(=O)NCc2ccc(N=C(N)N)cc2)cc1. The van der Waals surface area contributed by atoms with E-state index in [2.05, 4.69) is 26.3 Å². The molecule has 1 unspecified atom stereocenters. The number of rotatable bonds is 10. The predicted molar refractivity (Wildman–Crippen MR) is 126 cm³/mol. The number of Topliss-reactive ketones (excluding diaryl/α,β-unsaturated/α-hetero) is 1. The lowest BCUT2D eigenvalue weighted by Gasteiger charge is -2.16. The number of guanidine groups is 1. The molecule has 2 aromatic carbocycles. The van der Waals surface area contributed by atoms with Crippen molar-refractivity contribution in [2.24, 2.45) is 16.5 Å². The number of hydrogen-bond acceptors (Lipinski definition) is 6. The molecule has 0 spiro atoms. The van der Waals surface area contributed by atoms with Crippen LogP contribution in [0.15, 0.2) is 53.5 Å². The number of benzene rings is 2. The second-order valence-electron chi connectivity index (χ2n) is 7.16. The van der Waals surface area contributed by atoms with Gasteiger partial charge in [0.25, 0.3) is 0 Å². The number of nitrogens with one attached hydrogen (secondary N) is 4. The Bertz CT molecular complexity index is 1050. The third kappa shape index (κ3) is 8.59. The van der Waals surface area contributed by atoms with Gasteiger partial charge < -0.3 is 37.8 Å². The number of ketones is 1. The van der Waals surface area contributed by atoms with Gasteiger partial charge in [0.1, 0.15) is 6.04 Å². The highest BCUT2D eigenvalue weighted by atomic mass is 16.3. The minimum atomic E-state index is -1.27. The molecule has 12 nitrogen and oxygen atoms in total. The first kappa shape index (κ1) is 25.8. The van der Waals surface area contributed by atoms with Crippen LogP contribution in [0, 0.1) is 0 Å². The summed E-state index contributed by atoms with van der Waals surface area (Å²) in [4.78, 5) is 51.5. The monoisotopic (exact) mass is 469 g/mol. The average molecular weight is 470 g/mol. The van der Waals surface area contributed by atoms with Crippen molar-refractivity contribution in [3.8, 4) is 0 Å². The van der Waals surface area contributed by atoms with Gasteiger partial charge in [-0.05, 0) is 48.9 Å². The Morgan fingerprint density at radius 2 is 1.62 bits per heavy atom. The molecule has 0 heterocycles. The number of aliphatic imine (C=N–C) groups is 1. The molecule has 0 aliphatic carbocycles. The van der Waals surface area contributed by atoms with E-state index in [0.29, 0.717) is 16.9 Å². The molecule has 2 aromatic rings. The van der Waals surface area contributed by atoms with E-state index in [4.69, 9.17) is 11.5 Å². The summed E-state index contributed by atoms with van der Waals surface area (Å²) >= 11 is 0. The normalized spacial score (nSPS) is 11.0. The highest BCUT2D eigenvalue weighted by Gasteiger charge is 2.20. The maximum atomic E-state index is 12.2. The Balaban J connectivity index is 1.77. The van der Waals surface area contributed by atoms with Crippen molar-refractivity contribution >= 4 is 41.0 Å². The third-order valence-electron chi connectivity index (χ3n) is 4.46. The molecular weight excluding hydrogens is 442 g/mol. The van der Waals surface area contributed by atoms with Crippen molar-refractivity contribution in [1.29, 1.82) is 0 Å². The van der Waals surface area contributed by atoms with Gasteiger partial charge in [-0.15, -0.1) is 0 Å². The maximum Gasteiger partial charge on any atom is 0.319 e. The van der Waals surface area contributed by atoms with Gasteiger partial charge in [-0.3, -0.25) is 14.4 Å². The van der Waals surface area contributed by atoms with Crippen molar-refractivity contribution in [3.05, 3.63) is 59.7 Å². The molecule has 0 aliphatic heterocycles. The smallest absolute Gasteiger partial charge is 0.319 e. The Morgan fingerprint density at radius 1 is 0.971 bits per heavy atom. The van der Waals surface area contributed by atoms with Crippen LogP contribution in [0.25, 0.3) is 0 Å². The average Bonchev–Trinajstić information content (AvgIpc) is 2.80. The Kier molecular flexibility index (Phi) is 9.53. The summed E-state index contributed by atoms with van der Waals surface area (Å²) in [5.41, 5.74) is 12.9. The first-order valence-electron chi connectivity index (χ1n) is 10.2. The molecule has 12 heteroatoms. The minimum Gasteiger partial charge on any atom is -0.394 e. The number of carbonyl (C=O) groups is 4. The lowest BCUT2D eigenvalue weighted by atomic mass is 10.1. The first-order chi connectivity index (χ1) is 16.2. The Hall–Kier alpha value is -4.45. The van der Waals surface area contributed by atoms with Gasteiger partial charge in [0, 0.05) is 17.8 Å². The van der Waals surface area contributed by atoms with Gasteiger partial charge in [0.05, 0.1) is 18.8 Å². The number of aliphatic hydroxyl groups is 1. The number of nitrogens with two attached hydrogens (primary N) is 2. The number of aliphatic hydroxyl groups excluding tert-OH is 1. The van der Waals surface area contributed by atoms with Crippen LogP contribution in [0.3, 0.4) is 0 Å². The molecule has 9 N–H and O–H groups in total. The fraction of sp³-hybridized carbons (Fsp3) is 0.227. The van der Waals surface area contributed by atoms with E-state index in [-0.39, 0.29) is 24.8 Å². The van der Waals surface area contributed by atoms with Crippen LogP contribution in [0.4, 0.5) is 16.2 Å². The summed E-state index contributed by atoms with van der Waals surface area (Å²) in [5, 5.41) is 19.2. The highest BCUT2D eigenvalue weighted by Crippen LogP contribution is 2.12. The van der Waals surface area contributed by atoms with Crippen molar-refractivity contribution in [3.63, 3.8) is 0 Å². The van der Waals surface area contributed by atoms with Crippen LogP contribution in [0.5, 0.6) is 0 Å². The molecule has 4 amide bonds. The van der Waals surface area contributed by atoms with Crippen molar-refractivity contribution < 1.29 is 24.3 Å². The lowest BCUT2D eigenvalue weighted by molar-refractivity contribution is -0.127.